The smallest absolute Gasteiger partial charge is 0.129 e. The lowest BCUT2D eigenvalue weighted by Gasteiger charge is -2.44. The highest BCUT2D eigenvalue weighted by Crippen LogP contribution is 2.38. The van der Waals surface area contributed by atoms with Gasteiger partial charge in [0.05, 0.1) is 11.7 Å². The first-order chi connectivity index (χ1) is 9.19. The van der Waals surface area contributed by atoms with Crippen LogP contribution in [0.15, 0.2) is 22.7 Å². The third-order valence-corrected chi connectivity index (χ3v) is 4.73. The molecule has 19 heavy (non-hydrogen) atoms. The molecule has 1 aliphatic heterocycles. The van der Waals surface area contributed by atoms with Gasteiger partial charge < -0.3 is 10.1 Å². The molecule has 0 bridgehead atoms. The number of ether oxygens (including phenoxy) is 1. The zero-order chi connectivity index (χ0) is 13.3. The van der Waals surface area contributed by atoms with Crippen molar-refractivity contribution in [2.24, 2.45) is 0 Å². The van der Waals surface area contributed by atoms with E-state index < -0.39 is 0 Å². The van der Waals surface area contributed by atoms with Crippen LogP contribution >= 0.6 is 15.9 Å². The van der Waals surface area contributed by atoms with Crippen LogP contribution in [0.4, 0.5) is 4.39 Å². The molecule has 0 aromatic heterocycles. The molecule has 104 valence electrons. The van der Waals surface area contributed by atoms with Crippen molar-refractivity contribution in [2.45, 2.75) is 43.8 Å². The Labute approximate surface area is 121 Å². The van der Waals surface area contributed by atoms with Crippen molar-refractivity contribution in [3.8, 4) is 0 Å². The highest BCUT2D eigenvalue weighted by Gasteiger charge is 2.39. The summed E-state index contributed by atoms with van der Waals surface area (Å²) < 4.78 is 21.2. The number of halogens is 2. The van der Waals surface area contributed by atoms with Gasteiger partial charge in [-0.2, -0.15) is 0 Å². The molecule has 4 heteroatoms. The summed E-state index contributed by atoms with van der Waals surface area (Å²) in [6.45, 7) is 1.59. The van der Waals surface area contributed by atoms with E-state index in [4.69, 9.17) is 4.74 Å². The van der Waals surface area contributed by atoms with Crippen molar-refractivity contribution in [1.82, 2.24) is 5.32 Å². The Bertz CT molecular complexity index is 454. The predicted molar refractivity (Wildman–Crippen MR) is 76.6 cm³/mol. The van der Waals surface area contributed by atoms with E-state index in [1.54, 1.807) is 6.07 Å². The van der Waals surface area contributed by atoms with Gasteiger partial charge in [-0.05, 0) is 31.0 Å². The minimum atomic E-state index is -0.178. The van der Waals surface area contributed by atoms with Crippen molar-refractivity contribution < 1.29 is 9.13 Å². The van der Waals surface area contributed by atoms with Gasteiger partial charge >= 0.3 is 0 Å². The van der Waals surface area contributed by atoms with E-state index in [0.29, 0.717) is 12.1 Å². The molecule has 1 saturated carbocycles. The number of morpholine rings is 1. The Hall–Kier alpha value is -0.450. The molecule has 1 aromatic rings. The molecule has 1 saturated heterocycles. The molecule has 1 aromatic carbocycles. The van der Waals surface area contributed by atoms with E-state index in [2.05, 4.69) is 21.2 Å². The normalized spacial score (nSPS) is 26.5. The van der Waals surface area contributed by atoms with Gasteiger partial charge in [-0.15, -0.1) is 0 Å². The number of hydrogen-bond donors (Lipinski definition) is 1. The second-order valence-corrected chi connectivity index (χ2v) is 6.56. The average Bonchev–Trinajstić information content (AvgIpc) is 2.42. The molecule has 2 nitrogen and oxygen atoms in total. The van der Waals surface area contributed by atoms with Crippen LogP contribution in [0.5, 0.6) is 0 Å². The number of rotatable bonds is 1. The first-order valence-electron chi connectivity index (χ1n) is 7.02. The zero-order valence-corrected chi connectivity index (χ0v) is 12.5. The fourth-order valence-corrected chi connectivity index (χ4v) is 3.62. The molecule has 0 amide bonds. The van der Waals surface area contributed by atoms with Crippen molar-refractivity contribution in [2.75, 3.05) is 13.1 Å². The molecular formula is C15H19BrFNO. The highest BCUT2D eigenvalue weighted by molar-refractivity contribution is 9.10. The van der Waals surface area contributed by atoms with Crippen molar-refractivity contribution in [3.05, 3.63) is 34.1 Å². The first-order valence-corrected chi connectivity index (χ1v) is 7.81. The quantitative estimate of drug-likeness (QED) is 0.843. The number of benzene rings is 1. The van der Waals surface area contributed by atoms with E-state index in [-0.39, 0.29) is 17.5 Å². The first kappa shape index (κ1) is 13.5. The standard InChI is InChI=1S/C15H19BrFNO/c16-11-4-5-13(17)12(8-11)14-9-18-10-15(19-14)6-2-1-3-7-15/h4-5,8,14,18H,1-3,6-7,9-10H2. The van der Waals surface area contributed by atoms with E-state index in [0.717, 1.165) is 23.9 Å². The zero-order valence-electron chi connectivity index (χ0n) is 10.9. The van der Waals surface area contributed by atoms with E-state index >= 15 is 0 Å². The molecule has 1 N–H and O–H groups in total. The second-order valence-electron chi connectivity index (χ2n) is 5.65. The topological polar surface area (TPSA) is 21.3 Å². The average molecular weight is 328 g/mol. The summed E-state index contributed by atoms with van der Waals surface area (Å²) >= 11 is 3.41. The summed E-state index contributed by atoms with van der Waals surface area (Å²) in [7, 11) is 0. The molecule has 0 radical (unpaired) electrons. The largest absolute Gasteiger partial charge is 0.364 e. The van der Waals surface area contributed by atoms with Gasteiger partial charge in [0.2, 0.25) is 0 Å². The fraction of sp³-hybridized carbons (Fsp3) is 0.600. The van der Waals surface area contributed by atoms with Crippen molar-refractivity contribution >= 4 is 15.9 Å². The number of hydrogen-bond acceptors (Lipinski definition) is 2. The van der Waals surface area contributed by atoms with Crippen LogP contribution in [0, 0.1) is 5.82 Å². The van der Waals surface area contributed by atoms with Gasteiger partial charge in [-0.3, -0.25) is 0 Å². The van der Waals surface area contributed by atoms with Crippen LogP contribution in [0.25, 0.3) is 0 Å². The lowest BCUT2D eigenvalue weighted by Crippen LogP contribution is -2.51. The molecular weight excluding hydrogens is 309 g/mol. The maximum absolute atomic E-state index is 14.0. The monoisotopic (exact) mass is 327 g/mol. The Kier molecular flexibility index (Phi) is 3.92. The maximum atomic E-state index is 14.0. The van der Waals surface area contributed by atoms with E-state index in [1.807, 2.05) is 6.07 Å². The molecule has 2 fully saturated rings. The van der Waals surface area contributed by atoms with Crippen LogP contribution in [-0.2, 0) is 4.74 Å². The summed E-state index contributed by atoms with van der Waals surface area (Å²) in [4.78, 5) is 0. The Morgan fingerprint density at radius 1 is 1.26 bits per heavy atom. The van der Waals surface area contributed by atoms with Crippen LogP contribution in [0.1, 0.15) is 43.8 Å². The van der Waals surface area contributed by atoms with Gasteiger partial charge in [-0.1, -0.05) is 35.2 Å². The highest BCUT2D eigenvalue weighted by atomic mass is 79.9. The second kappa shape index (κ2) is 5.51. The Morgan fingerprint density at radius 2 is 2.05 bits per heavy atom. The third-order valence-electron chi connectivity index (χ3n) is 4.24. The molecule has 1 heterocycles. The van der Waals surface area contributed by atoms with Crippen LogP contribution in [0.3, 0.4) is 0 Å². The van der Waals surface area contributed by atoms with Gasteiger partial charge in [0.15, 0.2) is 0 Å². The van der Waals surface area contributed by atoms with Crippen LogP contribution in [-0.4, -0.2) is 18.7 Å². The molecule has 1 atom stereocenters. The van der Waals surface area contributed by atoms with Crippen LogP contribution in [0.2, 0.25) is 0 Å². The van der Waals surface area contributed by atoms with Crippen LogP contribution < -0.4 is 5.32 Å². The molecule has 1 unspecified atom stereocenters. The molecule has 1 aliphatic carbocycles. The molecule has 2 aliphatic rings. The van der Waals surface area contributed by atoms with E-state index in [1.165, 1.54) is 25.3 Å². The summed E-state index contributed by atoms with van der Waals surface area (Å²) in [6, 6.07) is 5.07. The van der Waals surface area contributed by atoms with Crippen molar-refractivity contribution in [1.29, 1.82) is 0 Å². The number of nitrogens with one attached hydrogen (secondary N) is 1. The SMILES string of the molecule is Fc1ccc(Br)cc1C1CNCC2(CCCCC2)O1. The summed E-state index contributed by atoms with van der Waals surface area (Å²) in [5.41, 5.74) is 0.585. The minimum Gasteiger partial charge on any atom is -0.364 e. The predicted octanol–water partition coefficient (Wildman–Crippen LogP) is 3.95. The van der Waals surface area contributed by atoms with Gasteiger partial charge in [0.25, 0.3) is 0 Å². The molecule has 3 rings (SSSR count). The summed E-state index contributed by atoms with van der Waals surface area (Å²) in [5, 5.41) is 3.43. The van der Waals surface area contributed by atoms with Crippen molar-refractivity contribution in [3.63, 3.8) is 0 Å². The molecule has 1 spiro atoms. The summed E-state index contributed by atoms with van der Waals surface area (Å²) in [5.74, 6) is -0.178. The van der Waals surface area contributed by atoms with Gasteiger partial charge in [0.1, 0.15) is 5.82 Å². The third kappa shape index (κ3) is 2.86. The Morgan fingerprint density at radius 3 is 2.84 bits per heavy atom. The van der Waals surface area contributed by atoms with Gasteiger partial charge in [-0.25, -0.2) is 4.39 Å². The summed E-state index contributed by atoms with van der Waals surface area (Å²) in [6.07, 6.45) is 5.73. The lowest BCUT2D eigenvalue weighted by molar-refractivity contribution is -0.136. The maximum Gasteiger partial charge on any atom is 0.129 e. The lowest BCUT2D eigenvalue weighted by atomic mass is 9.83. The van der Waals surface area contributed by atoms with Gasteiger partial charge in [0, 0.05) is 23.1 Å². The minimum absolute atomic E-state index is 0.0735. The fourth-order valence-electron chi connectivity index (χ4n) is 3.24. The Balaban J connectivity index is 1.82. The van der Waals surface area contributed by atoms with E-state index in [9.17, 15) is 4.39 Å².